The van der Waals surface area contributed by atoms with Gasteiger partial charge in [0.1, 0.15) is 5.82 Å². The summed E-state index contributed by atoms with van der Waals surface area (Å²) in [5.74, 6) is -0.0337. The molecule has 0 bridgehead atoms. The van der Waals surface area contributed by atoms with Gasteiger partial charge in [-0.25, -0.2) is 4.39 Å². The monoisotopic (exact) mass is 276 g/mol. The number of hydrogen-bond donors (Lipinski definition) is 0. The molecule has 1 atom stereocenters. The third-order valence-corrected chi connectivity index (χ3v) is 3.66. The molecule has 0 amide bonds. The predicted octanol–water partition coefficient (Wildman–Crippen LogP) is 3.66. The Morgan fingerprint density at radius 3 is 2.94 bits per heavy atom. The summed E-state index contributed by atoms with van der Waals surface area (Å²) in [7, 11) is 1.36. The number of methoxy groups -OCH3 is 1. The molecule has 0 saturated carbocycles. The Hall–Kier alpha value is -0.740. The molecule has 5 heteroatoms. The highest BCUT2D eigenvalue weighted by Crippen LogP contribution is 2.24. The van der Waals surface area contributed by atoms with E-state index in [0.29, 0.717) is 22.8 Å². The van der Waals surface area contributed by atoms with Gasteiger partial charge < -0.3 is 4.74 Å². The van der Waals surface area contributed by atoms with Crippen LogP contribution in [-0.4, -0.2) is 18.3 Å². The van der Waals surface area contributed by atoms with Crippen LogP contribution in [0, 0.1) is 5.82 Å². The van der Waals surface area contributed by atoms with Gasteiger partial charge in [-0.1, -0.05) is 18.5 Å². The Balaban J connectivity index is 2.49. The maximum atomic E-state index is 13.4. The van der Waals surface area contributed by atoms with E-state index in [2.05, 4.69) is 4.74 Å². The number of carbonyl (C=O) groups excluding carboxylic acids is 1. The SMILES string of the molecule is COC(=O)CC(C)SCc1cc(Cl)ccc1F. The molecule has 0 N–H and O–H groups in total. The van der Waals surface area contributed by atoms with Crippen LogP contribution in [0.3, 0.4) is 0 Å². The maximum absolute atomic E-state index is 13.4. The van der Waals surface area contributed by atoms with Crippen molar-refractivity contribution in [3.8, 4) is 0 Å². The molecule has 1 rings (SSSR count). The lowest BCUT2D eigenvalue weighted by atomic mass is 10.2. The number of halogens is 2. The molecule has 0 aliphatic carbocycles. The summed E-state index contributed by atoms with van der Waals surface area (Å²) in [6.07, 6.45) is 0.323. The van der Waals surface area contributed by atoms with E-state index in [9.17, 15) is 9.18 Å². The van der Waals surface area contributed by atoms with Crippen LogP contribution in [-0.2, 0) is 15.3 Å². The van der Waals surface area contributed by atoms with E-state index in [1.54, 1.807) is 6.07 Å². The summed E-state index contributed by atoms with van der Waals surface area (Å²) in [5, 5.41) is 0.600. The second-order valence-electron chi connectivity index (χ2n) is 3.64. The van der Waals surface area contributed by atoms with E-state index >= 15 is 0 Å². The summed E-state index contributed by atoms with van der Waals surface area (Å²) in [6, 6.07) is 4.47. The van der Waals surface area contributed by atoms with Crippen molar-refractivity contribution >= 4 is 29.3 Å². The van der Waals surface area contributed by atoms with Gasteiger partial charge in [0.05, 0.1) is 13.5 Å². The zero-order chi connectivity index (χ0) is 12.8. The van der Waals surface area contributed by atoms with Crippen molar-refractivity contribution in [3.63, 3.8) is 0 Å². The van der Waals surface area contributed by atoms with Gasteiger partial charge in [-0.2, -0.15) is 11.8 Å². The first-order chi connectivity index (χ1) is 8.02. The topological polar surface area (TPSA) is 26.3 Å². The Bertz CT molecular complexity index is 398. The number of esters is 1. The lowest BCUT2D eigenvalue weighted by molar-refractivity contribution is -0.140. The van der Waals surface area contributed by atoms with Crippen molar-refractivity contribution in [1.29, 1.82) is 0 Å². The van der Waals surface area contributed by atoms with Gasteiger partial charge in [-0.3, -0.25) is 4.79 Å². The third kappa shape index (κ3) is 4.96. The molecule has 1 unspecified atom stereocenters. The standard InChI is InChI=1S/C12H14ClFO2S/c1-8(5-12(15)16-2)17-7-9-6-10(13)3-4-11(9)14/h3-4,6,8H,5,7H2,1-2H3. The molecule has 1 aromatic rings. The molecule has 0 aromatic heterocycles. The molecule has 0 spiro atoms. The van der Waals surface area contributed by atoms with E-state index in [-0.39, 0.29) is 17.0 Å². The van der Waals surface area contributed by atoms with E-state index in [1.807, 2.05) is 6.92 Å². The van der Waals surface area contributed by atoms with Crippen molar-refractivity contribution in [2.24, 2.45) is 0 Å². The molecule has 94 valence electrons. The summed E-state index contributed by atoms with van der Waals surface area (Å²) >= 11 is 7.29. The molecule has 0 heterocycles. The minimum Gasteiger partial charge on any atom is -0.469 e. The van der Waals surface area contributed by atoms with Gasteiger partial charge >= 0.3 is 5.97 Å². The molecular weight excluding hydrogens is 263 g/mol. The van der Waals surface area contributed by atoms with Crippen molar-refractivity contribution in [2.45, 2.75) is 24.3 Å². The minimum absolute atomic E-state index is 0.0841. The molecule has 1 aromatic carbocycles. The van der Waals surface area contributed by atoms with Crippen LogP contribution in [0.4, 0.5) is 4.39 Å². The summed E-state index contributed by atoms with van der Waals surface area (Å²) in [6.45, 7) is 1.91. The molecule has 17 heavy (non-hydrogen) atoms. The Labute approximate surface area is 109 Å². The number of ether oxygens (including phenoxy) is 1. The number of carbonyl (C=O) groups is 1. The summed E-state index contributed by atoms with van der Waals surface area (Å²) in [4.78, 5) is 11.0. The fourth-order valence-electron chi connectivity index (χ4n) is 1.26. The van der Waals surface area contributed by atoms with Crippen LogP contribution in [0.25, 0.3) is 0 Å². The first kappa shape index (κ1) is 14.3. The number of thioether (sulfide) groups is 1. The van der Waals surface area contributed by atoms with Gasteiger partial charge in [0.2, 0.25) is 0 Å². The average Bonchev–Trinajstić information content (AvgIpc) is 2.30. The van der Waals surface area contributed by atoms with Crippen LogP contribution in [0.15, 0.2) is 18.2 Å². The van der Waals surface area contributed by atoms with E-state index in [0.717, 1.165) is 0 Å². The van der Waals surface area contributed by atoms with Gasteiger partial charge in [0, 0.05) is 16.0 Å². The Kier molecular flexibility index (Phi) is 5.78. The third-order valence-electron chi connectivity index (χ3n) is 2.21. The van der Waals surface area contributed by atoms with Crippen LogP contribution < -0.4 is 0 Å². The van der Waals surface area contributed by atoms with E-state index in [4.69, 9.17) is 11.6 Å². The van der Waals surface area contributed by atoms with Crippen molar-refractivity contribution in [3.05, 3.63) is 34.6 Å². The molecular formula is C12H14ClFO2S. The number of rotatable bonds is 5. The van der Waals surface area contributed by atoms with Crippen molar-refractivity contribution in [2.75, 3.05) is 7.11 Å². The first-order valence-corrected chi connectivity index (χ1v) is 6.58. The van der Waals surface area contributed by atoms with Gasteiger partial charge in [-0.05, 0) is 23.8 Å². The van der Waals surface area contributed by atoms with Crippen LogP contribution in [0.1, 0.15) is 18.9 Å². The van der Waals surface area contributed by atoms with E-state index < -0.39 is 0 Å². The highest BCUT2D eigenvalue weighted by Gasteiger charge is 2.11. The molecule has 0 saturated heterocycles. The average molecular weight is 277 g/mol. The normalized spacial score (nSPS) is 12.2. The van der Waals surface area contributed by atoms with Crippen molar-refractivity contribution < 1.29 is 13.9 Å². The van der Waals surface area contributed by atoms with Crippen LogP contribution in [0.5, 0.6) is 0 Å². The van der Waals surface area contributed by atoms with Gasteiger partial charge in [0.15, 0.2) is 0 Å². The highest BCUT2D eigenvalue weighted by atomic mass is 35.5. The lowest BCUT2D eigenvalue weighted by Crippen LogP contribution is -2.08. The quantitative estimate of drug-likeness (QED) is 0.768. The largest absolute Gasteiger partial charge is 0.469 e. The predicted molar refractivity (Wildman–Crippen MR) is 68.8 cm³/mol. The second-order valence-corrected chi connectivity index (χ2v) is 5.50. The second kappa shape index (κ2) is 6.87. The zero-order valence-corrected chi connectivity index (χ0v) is 11.3. The number of benzene rings is 1. The lowest BCUT2D eigenvalue weighted by Gasteiger charge is -2.10. The fourth-order valence-corrected chi connectivity index (χ4v) is 2.40. The smallest absolute Gasteiger partial charge is 0.306 e. The van der Waals surface area contributed by atoms with Crippen molar-refractivity contribution in [1.82, 2.24) is 0 Å². The fraction of sp³-hybridized carbons (Fsp3) is 0.417. The zero-order valence-electron chi connectivity index (χ0n) is 9.70. The Morgan fingerprint density at radius 2 is 2.29 bits per heavy atom. The molecule has 2 nitrogen and oxygen atoms in total. The molecule has 0 radical (unpaired) electrons. The first-order valence-electron chi connectivity index (χ1n) is 5.15. The highest BCUT2D eigenvalue weighted by molar-refractivity contribution is 7.99. The Morgan fingerprint density at radius 1 is 1.59 bits per heavy atom. The van der Waals surface area contributed by atoms with Gasteiger partial charge in [0.25, 0.3) is 0 Å². The molecule has 0 aliphatic heterocycles. The molecule has 0 fully saturated rings. The maximum Gasteiger partial charge on any atom is 0.306 e. The van der Waals surface area contributed by atoms with Gasteiger partial charge in [-0.15, -0.1) is 0 Å². The van der Waals surface area contributed by atoms with Crippen LogP contribution in [0.2, 0.25) is 5.02 Å². The van der Waals surface area contributed by atoms with Crippen LogP contribution >= 0.6 is 23.4 Å². The molecule has 0 aliphatic rings. The minimum atomic E-state index is -0.271. The number of hydrogen-bond acceptors (Lipinski definition) is 3. The summed E-state index contributed by atoms with van der Waals surface area (Å²) in [5.41, 5.74) is 0.555. The van der Waals surface area contributed by atoms with E-state index in [1.165, 1.54) is 31.0 Å². The summed E-state index contributed by atoms with van der Waals surface area (Å²) < 4.78 is 18.0.